The van der Waals surface area contributed by atoms with Gasteiger partial charge in [0, 0.05) is 17.7 Å². The topological polar surface area (TPSA) is 75.4 Å². The van der Waals surface area contributed by atoms with Crippen LogP contribution < -0.4 is 5.32 Å². The maximum absolute atomic E-state index is 13.0. The van der Waals surface area contributed by atoms with Crippen LogP contribution in [0, 0.1) is 6.92 Å². The van der Waals surface area contributed by atoms with Crippen molar-refractivity contribution in [1.29, 1.82) is 0 Å². The van der Waals surface area contributed by atoms with Gasteiger partial charge < -0.3 is 14.7 Å². The van der Waals surface area contributed by atoms with Crippen LogP contribution in [0.1, 0.15) is 61.7 Å². The Morgan fingerprint density at radius 2 is 1.93 bits per heavy atom. The molecule has 2 rings (SSSR count). The lowest BCUT2D eigenvalue weighted by Gasteiger charge is -2.28. The van der Waals surface area contributed by atoms with Crippen molar-refractivity contribution < 1.29 is 14.1 Å². The van der Waals surface area contributed by atoms with Gasteiger partial charge in [-0.2, -0.15) is 0 Å². The first-order valence-corrected chi connectivity index (χ1v) is 9.57. The summed E-state index contributed by atoms with van der Waals surface area (Å²) in [6, 6.07) is 9.28. The molecule has 0 unspecified atom stereocenters. The SMILES string of the molecule is CCCCc1ccc(C(=O)N(CC(=O)Nc2cc(C)on2)[C@@H](C)CC)cc1. The summed E-state index contributed by atoms with van der Waals surface area (Å²) >= 11 is 0. The van der Waals surface area contributed by atoms with Crippen LogP contribution in [0.15, 0.2) is 34.9 Å². The van der Waals surface area contributed by atoms with E-state index in [1.165, 1.54) is 5.56 Å². The molecular formula is C21H29N3O3. The third-order valence-electron chi connectivity index (χ3n) is 4.61. The van der Waals surface area contributed by atoms with Gasteiger partial charge in [0.1, 0.15) is 12.3 Å². The third kappa shape index (κ3) is 5.94. The Hall–Kier alpha value is -2.63. The summed E-state index contributed by atoms with van der Waals surface area (Å²) in [5.41, 5.74) is 1.82. The van der Waals surface area contributed by atoms with E-state index in [0.29, 0.717) is 17.1 Å². The molecule has 2 amide bonds. The van der Waals surface area contributed by atoms with E-state index in [4.69, 9.17) is 4.52 Å². The summed E-state index contributed by atoms with van der Waals surface area (Å²) in [6.45, 7) is 7.82. The standard InChI is InChI=1S/C21H29N3O3/c1-5-7-8-17-9-11-18(12-10-17)21(26)24(15(3)6-2)14-20(25)22-19-13-16(4)27-23-19/h9-13,15H,5-8,14H2,1-4H3,(H,22,23,25)/t15-/m0/s1. The van der Waals surface area contributed by atoms with Crippen molar-refractivity contribution in [1.82, 2.24) is 10.1 Å². The first-order valence-electron chi connectivity index (χ1n) is 9.57. The quantitative estimate of drug-likeness (QED) is 0.716. The van der Waals surface area contributed by atoms with Gasteiger partial charge in [-0.3, -0.25) is 9.59 Å². The molecule has 1 aromatic heterocycles. The number of carbonyl (C=O) groups excluding carboxylic acids is 2. The van der Waals surface area contributed by atoms with Crippen LogP contribution in [0.3, 0.4) is 0 Å². The van der Waals surface area contributed by atoms with E-state index in [0.717, 1.165) is 25.7 Å². The molecule has 146 valence electrons. The number of aromatic nitrogens is 1. The van der Waals surface area contributed by atoms with E-state index in [2.05, 4.69) is 17.4 Å². The van der Waals surface area contributed by atoms with Gasteiger partial charge in [-0.05, 0) is 50.8 Å². The molecule has 0 saturated heterocycles. The molecular weight excluding hydrogens is 342 g/mol. The van der Waals surface area contributed by atoms with Crippen LogP contribution in [-0.2, 0) is 11.2 Å². The monoisotopic (exact) mass is 371 g/mol. The molecule has 0 spiro atoms. The van der Waals surface area contributed by atoms with Crippen molar-refractivity contribution in [2.24, 2.45) is 0 Å². The minimum absolute atomic E-state index is 0.0304. The number of hydrogen-bond acceptors (Lipinski definition) is 4. The number of aryl methyl sites for hydroxylation is 2. The summed E-state index contributed by atoms with van der Waals surface area (Å²) in [6.07, 6.45) is 4.05. The third-order valence-corrected chi connectivity index (χ3v) is 4.61. The fourth-order valence-corrected chi connectivity index (χ4v) is 2.77. The fourth-order valence-electron chi connectivity index (χ4n) is 2.77. The van der Waals surface area contributed by atoms with Crippen molar-refractivity contribution in [3.05, 3.63) is 47.2 Å². The highest BCUT2D eigenvalue weighted by atomic mass is 16.5. The Morgan fingerprint density at radius 1 is 1.22 bits per heavy atom. The van der Waals surface area contributed by atoms with Gasteiger partial charge in [0.15, 0.2) is 5.82 Å². The second-order valence-electron chi connectivity index (χ2n) is 6.86. The van der Waals surface area contributed by atoms with E-state index in [-0.39, 0.29) is 24.4 Å². The maximum Gasteiger partial charge on any atom is 0.254 e. The zero-order chi connectivity index (χ0) is 19.8. The molecule has 6 heteroatoms. The zero-order valence-corrected chi connectivity index (χ0v) is 16.6. The molecule has 0 aliphatic heterocycles. The number of unbranched alkanes of at least 4 members (excludes halogenated alkanes) is 1. The van der Waals surface area contributed by atoms with Crippen molar-refractivity contribution in [2.75, 3.05) is 11.9 Å². The van der Waals surface area contributed by atoms with E-state index in [1.807, 2.05) is 38.1 Å². The zero-order valence-electron chi connectivity index (χ0n) is 16.6. The number of benzene rings is 1. The summed E-state index contributed by atoms with van der Waals surface area (Å²) in [5.74, 6) is 0.534. The van der Waals surface area contributed by atoms with E-state index in [1.54, 1.807) is 17.9 Å². The minimum atomic E-state index is -0.295. The Morgan fingerprint density at radius 3 is 2.48 bits per heavy atom. The molecule has 0 fully saturated rings. The number of nitrogens with one attached hydrogen (secondary N) is 1. The Kier molecular flexibility index (Phi) is 7.58. The lowest BCUT2D eigenvalue weighted by Crippen LogP contribution is -2.43. The van der Waals surface area contributed by atoms with Crippen molar-refractivity contribution >= 4 is 17.6 Å². The molecule has 27 heavy (non-hydrogen) atoms. The Bertz CT molecular complexity index is 752. The van der Waals surface area contributed by atoms with Crippen LogP contribution in [0.2, 0.25) is 0 Å². The van der Waals surface area contributed by atoms with Crippen LogP contribution in [-0.4, -0.2) is 34.5 Å². The number of rotatable bonds is 9. The van der Waals surface area contributed by atoms with Gasteiger partial charge in [0.2, 0.25) is 5.91 Å². The van der Waals surface area contributed by atoms with E-state index in [9.17, 15) is 9.59 Å². The average Bonchev–Trinajstić information content (AvgIpc) is 3.08. The molecule has 0 bridgehead atoms. The predicted octanol–water partition coefficient (Wildman–Crippen LogP) is 4.21. The summed E-state index contributed by atoms with van der Waals surface area (Å²) < 4.78 is 4.95. The number of anilines is 1. The minimum Gasteiger partial charge on any atom is -0.360 e. The number of hydrogen-bond donors (Lipinski definition) is 1. The average molecular weight is 371 g/mol. The summed E-state index contributed by atoms with van der Waals surface area (Å²) in [4.78, 5) is 26.9. The van der Waals surface area contributed by atoms with Crippen molar-refractivity contribution in [3.63, 3.8) is 0 Å². The van der Waals surface area contributed by atoms with Gasteiger partial charge in [-0.15, -0.1) is 0 Å². The van der Waals surface area contributed by atoms with Crippen LogP contribution in [0.25, 0.3) is 0 Å². The van der Waals surface area contributed by atoms with Crippen molar-refractivity contribution in [2.45, 2.75) is 59.4 Å². The number of amides is 2. The van der Waals surface area contributed by atoms with Gasteiger partial charge in [0.25, 0.3) is 5.91 Å². The largest absolute Gasteiger partial charge is 0.360 e. The second-order valence-corrected chi connectivity index (χ2v) is 6.86. The second kappa shape index (κ2) is 9.90. The van der Waals surface area contributed by atoms with Crippen LogP contribution >= 0.6 is 0 Å². The molecule has 1 atom stereocenters. The molecule has 1 aromatic carbocycles. The molecule has 0 aliphatic rings. The Balaban J connectivity index is 2.07. The molecule has 1 heterocycles. The van der Waals surface area contributed by atoms with Gasteiger partial charge >= 0.3 is 0 Å². The molecule has 0 saturated carbocycles. The van der Waals surface area contributed by atoms with E-state index < -0.39 is 0 Å². The maximum atomic E-state index is 13.0. The highest BCUT2D eigenvalue weighted by molar-refractivity contribution is 5.99. The van der Waals surface area contributed by atoms with Crippen molar-refractivity contribution in [3.8, 4) is 0 Å². The van der Waals surface area contributed by atoms with Crippen LogP contribution in [0.4, 0.5) is 5.82 Å². The smallest absolute Gasteiger partial charge is 0.254 e. The molecule has 2 aromatic rings. The normalized spacial score (nSPS) is 11.9. The summed E-state index contributed by atoms with van der Waals surface area (Å²) in [5, 5.41) is 6.43. The first kappa shape index (κ1) is 20.7. The van der Waals surface area contributed by atoms with Crippen LogP contribution in [0.5, 0.6) is 0 Å². The highest BCUT2D eigenvalue weighted by Crippen LogP contribution is 2.14. The predicted molar refractivity (Wildman–Crippen MR) is 106 cm³/mol. The number of carbonyl (C=O) groups is 2. The molecule has 0 aliphatic carbocycles. The van der Waals surface area contributed by atoms with Gasteiger partial charge in [-0.1, -0.05) is 37.6 Å². The van der Waals surface area contributed by atoms with Gasteiger partial charge in [0.05, 0.1) is 0 Å². The molecule has 1 N–H and O–H groups in total. The molecule has 6 nitrogen and oxygen atoms in total. The fraction of sp³-hybridized carbons (Fsp3) is 0.476. The lowest BCUT2D eigenvalue weighted by molar-refractivity contribution is -0.117. The number of nitrogens with zero attached hydrogens (tertiary/aromatic N) is 2. The van der Waals surface area contributed by atoms with E-state index >= 15 is 0 Å². The first-order chi connectivity index (χ1) is 12.9. The summed E-state index contributed by atoms with van der Waals surface area (Å²) in [7, 11) is 0. The van der Waals surface area contributed by atoms with Gasteiger partial charge in [-0.25, -0.2) is 0 Å². The highest BCUT2D eigenvalue weighted by Gasteiger charge is 2.23. The lowest BCUT2D eigenvalue weighted by atomic mass is 10.0. The Labute approximate surface area is 160 Å². The molecule has 0 radical (unpaired) electrons.